The highest BCUT2D eigenvalue weighted by Crippen LogP contribution is 2.36. The van der Waals surface area contributed by atoms with Crippen LogP contribution < -0.4 is 0 Å². The molecule has 0 atom stereocenters. The van der Waals surface area contributed by atoms with Crippen LogP contribution in [0.1, 0.15) is 101 Å². The highest BCUT2D eigenvalue weighted by molar-refractivity contribution is 5.19. The molecule has 0 bridgehead atoms. The molecule has 2 saturated carbocycles. The van der Waals surface area contributed by atoms with E-state index in [0.717, 1.165) is 17.8 Å². The summed E-state index contributed by atoms with van der Waals surface area (Å²) in [6, 6.07) is 11.4. The van der Waals surface area contributed by atoms with E-state index in [9.17, 15) is 0 Å². The minimum Gasteiger partial charge on any atom is -0.0622 e. The molecule has 0 aliphatic heterocycles. The van der Waals surface area contributed by atoms with E-state index < -0.39 is 0 Å². The molecule has 0 aromatic heterocycles. The molecule has 3 rings (SSSR count). The first-order valence-electron chi connectivity index (χ1n) is 10.5. The van der Waals surface area contributed by atoms with Crippen molar-refractivity contribution >= 4 is 0 Å². The fourth-order valence-electron chi connectivity index (χ4n) is 5.03. The average Bonchev–Trinajstić information content (AvgIpc) is 2.64. The lowest BCUT2D eigenvalue weighted by molar-refractivity contribution is 0.299. The predicted molar refractivity (Wildman–Crippen MR) is 101 cm³/mol. The van der Waals surface area contributed by atoms with Crippen molar-refractivity contribution in [2.45, 2.75) is 95.8 Å². The lowest BCUT2D eigenvalue weighted by atomic mass is 9.79. The molecular formula is C23H36. The van der Waals surface area contributed by atoms with E-state index in [1.165, 1.54) is 89.9 Å². The van der Waals surface area contributed by atoms with E-state index in [-0.39, 0.29) is 0 Å². The zero-order valence-corrected chi connectivity index (χ0v) is 15.0. The monoisotopic (exact) mass is 312 g/mol. The first kappa shape index (κ1) is 17.1. The molecule has 0 radical (unpaired) electrons. The van der Waals surface area contributed by atoms with E-state index in [1.807, 2.05) is 0 Å². The van der Waals surface area contributed by atoms with E-state index in [4.69, 9.17) is 0 Å². The van der Waals surface area contributed by atoms with Gasteiger partial charge < -0.3 is 0 Å². The van der Waals surface area contributed by atoms with Gasteiger partial charge in [-0.25, -0.2) is 0 Å². The van der Waals surface area contributed by atoms with Crippen LogP contribution in [-0.4, -0.2) is 0 Å². The summed E-state index contributed by atoms with van der Waals surface area (Å²) < 4.78 is 0. The summed E-state index contributed by atoms with van der Waals surface area (Å²) in [6.45, 7) is 0. The molecule has 0 unspecified atom stereocenters. The molecule has 2 fully saturated rings. The molecule has 0 heterocycles. The zero-order valence-electron chi connectivity index (χ0n) is 15.0. The summed E-state index contributed by atoms with van der Waals surface area (Å²) in [6.07, 6.45) is 20.8. The van der Waals surface area contributed by atoms with Crippen molar-refractivity contribution in [1.29, 1.82) is 0 Å². The summed E-state index contributed by atoms with van der Waals surface area (Å²) in [7, 11) is 0. The Balaban J connectivity index is 1.52. The molecule has 0 heteroatoms. The fourth-order valence-corrected chi connectivity index (χ4v) is 5.03. The van der Waals surface area contributed by atoms with Crippen molar-refractivity contribution in [2.75, 3.05) is 0 Å². The van der Waals surface area contributed by atoms with E-state index in [2.05, 4.69) is 30.3 Å². The standard InChI is InChI=1S/C23H36/c1-4-10-20(11-5-1)16-18-23(22-14-8-3-9-15-22)19-17-21-12-6-2-7-13-21/h3,8-9,14-15,20-21,23H,1-2,4-7,10-13,16-19H2. The molecule has 0 amide bonds. The molecule has 0 spiro atoms. The van der Waals surface area contributed by atoms with Crippen LogP contribution in [0.5, 0.6) is 0 Å². The Morgan fingerprint density at radius 2 is 1.13 bits per heavy atom. The Morgan fingerprint density at radius 3 is 1.61 bits per heavy atom. The Hall–Kier alpha value is -0.780. The largest absolute Gasteiger partial charge is 0.0622 e. The van der Waals surface area contributed by atoms with Crippen LogP contribution in [0.25, 0.3) is 0 Å². The number of rotatable bonds is 7. The van der Waals surface area contributed by atoms with Crippen LogP contribution >= 0.6 is 0 Å². The molecule has 2 aliphatic rings. The molecule has 1 aromatic carbocycles. The quantitative estimate of drug-likeness (QED) is 0.489. The SMILES string of the molecule is c1ccc(C(CCC2CCCCC2)CCC2CCCCC2)cc1. The summed E-state index contributed by atoms with van der Waals surface area (Å²) in [5.74, 6) is 2.88. The highest BCUT2D eigenvalue weighted by Gasteiger charge is 2.20. The molecule has 128 valence electrons. The average molecular weight is 313 g/mol. The van der Waals surface area contributed by atoms with Gasteiger partial charge in [-0.3, -0.25) is 0 Å². The van der Waals surface area contributed by atoms with Gasteiger partial charge in [-0.2, -0.15) is 0 Å². The third-order valence-corrected chi connectivity index (χ3v) is 6.57. The summed E-state index contributed by atoms with van der Waals surface area (Å²) in [4.78, 5) is 0. The second-order valence-electron chi connectivity index (χ2n) is 8.27. The minimum absolute atomic E-state index is 0.819. The number of hydrogen-bond acceptors (Lipinski definition) is 0. The molecule has 0 saturated heterocycles. The maximum absolute atomic E-state index is 2.38. The molecule has 1 aromatic rings. The van der Waals surface area contributed by atoms with E-state index in [0.29, 0.717) is 0 Å². The molecule has 2 aliphatic carbocycles. The lowest BCUT2D eigenvalue weighted by Crippen LogP contribution is -2.11. The smallest absolute Gasteiger partial charge is 0.0162 e. The summed E-state index contributed by atoms with van der Waals surface area (Å²) >= 11 is 0. The maximum atomic E-state index is 2.38. The number of benzene rings is 1. The van der Waals surface area contributed by atoms with Gasteiger partial charge in [0.2, 0.25) is 0 Å². The predicted octanol–water partition coefficient (Wildman–Crippen LogP) is 7.49. The van der Waals surface area contributed by atoms with Gasteiger partial charge in [0.15, 0.2) is 0 Å². The third kappa shape index (κ3) is 5.66. The Kier molecular flexibility index (Phi) is 7.04. The first-order valence-corrected chi connectivity index (χ1v) is 10.5. The van der Waals surface area contributed by atoms with Crippen LogP contribution in [0.4, 0.5) is 0 Å². The van der Waals surface area contributed by atoms with Gasteiger partial charge in [-0.15, -0.1) is 0 Å². The maximum Gasteiger partial charge on any atom is -0.0162 e. The van der Waals surface area contributed by atoms with Crippen LogP contribution in [0.15, 0.2) is 30.3 Å². The molecule has 0 nitrogen and oxygen atoms in total. The van der Waals surface area contributed by atoms with Gasteiger partial charge in [-0.05, 0) is 49.0 Å². The van der Waals surface area contributed by atoms with E-state index in [1.54, 1.807) is 5.56 Å². The summed E-state index contributed by atoms with van der Waals surface area (Å²) in [5.41, 5.74) is 1.61. The molecule has 0 N–H and O–H groups in total. The topological polar surface area (TPSA) is 0 Å². The van der Waals surface area contributed by atoms with Crippen LogP contribution in [0.3, 0.4) is 0 Å². The van der Waals surface area contributed by atoms with Crippen LogP contribution in [0.2, 0.25) is 0 Å². The van der Waals surface area contributed by atoms with Gasteiger partial charge >= 0.3 is 0 Å². The van der Waals surface area contributed by atoms with Gasteiger partial charge in [-0.1, -0.05) is 94.5 Å². The van der Waals surface area contributed by atoms with Crippen LogP contribution in [0, 0.1) is 11.8 Å². The first-order chi connectivity index (χ1) is 11.4. The summed E-state index contributed by atoms with van der Waals surface area (Å²) in [5, 5.41) is 0. The van der Waals surface area contributed by atoms with Crippen molar-refractivity contribution in [3.63, 3.8) is 0 Å². The lowest BCUT2D eigenvalue weighted by Gasteiger charge is -2.27. The molecular weight excluding hydrogens is 276 g/mol. The van der Waals surface area contributed by atoms with Crippen molar-refractivity contribution in [3.8, 4) is 0 Å². The second kappa shape index (κ2) is 9.50. The Morgan fingerprint density at radius 1 is 0.652 bits per heavy atom. The van der Waals surface area contributed by atoms with Gasteiger partial charge in [0.05, 0.1) is 0 Å². The fraction of sp³-hybridized carbons (Fsp3) is 0.739. The van der Waals surface area contributed by atoms with Crippen molar-refractivity contribution in [3.05, 3.63) is 35.9 Å². The minimum atomic E-state index is 0.819. The highest BCUT2D eigenvalue weighted by atomic mass is 14.3. The van der Waals surface area contributed by atoms with Crippen molar-refractivity contribution in [1.82, 2.24) is 0 Å². The van der Waals surface area contributed by atoms with Gasteiger partial charge in [0.25, 0.3) is 0 Å². The second-order valence-corrected chi connectivity index (χ2v) is 8.27. The molecule has 23 heavy (non-hydrogen) atoms. The zero-order chi connectivity index (χ0) is 15.7. The Bertz CT molecular complexity index is 387. The normalized spacial score (nSPS) is 20.9. The van der Waals surface area contributed by atoms with Gasteiger partial charge in [0, 0.05) is 0 Å². The Labute approximate surface area is 144 Å². The number of hydrogen-bond donors (Lipinski definition) is 0. The van der Waals surface area contributed by atoms with Crippen molar-refractivity contribution in [2.24, 2.45) is 11.8 Å². The van der Waals surface area contributed by atoms with Crippen LogP contribution in [-0.2, 0) is 0 Å². The van der Waals surface area contributed by atoms with Crippen molar-refractivity contribution < 1.29 is 0 Å². The third-order valence-electron chi connectivity index (χ3n) is 6.57. The van der Waals surface area contributed by atoms with Gasteiger partial charge in [0.1, 0.15) is 0 Å². The van der Waals surface area contributed by atoms with E-state index >= 15 is 0 Å².